The van der Waals surface area contributed by atoms with Gasteiger partial charge < -0.3 is 0 Å². The fourth-order valence-corrected chi connectivity index (χ4v) is 3.46. The molecule has 7 heteroatoms. The summed E-state index contributed by atoms with van der Waals surface area (Å²) >= 11 is 1.31. The minimum Gasteiger partial charge on any atom is -0.297 e. The molecule has 0 spiro atoms. The number of alkyl halides is 2. The molecule has 0 aromatic carbocycles. The highest BCUT2D eigenvalue weighted by Crippen LogP contribution is 2.36. The summed E-state index contributed by atoms with van der Waals surface area (Å²) in [5.74, 6) is -3.23. The first-order valence-electron chi connectivity index (χ1n) is 6.80. The van der Waals surface area contributed by atoms with Crippen molar-refractivity contribution in [3.8, 4) is 0 Å². The maximum atomic E-state index is 13.1. The summed E-state index contributed by atoms with van der Waals surface area (Å²) in [5.41, 5.74) is -0.294. The molecule has 1 aliphatic carbocycles. The van der Waals surface area contributed by atoms with Crippen molar-refractivity contribution in [2.45, 2.75) is 38.2 Å². The van der Waals surface area contributed by atoms with Crippen molar-refractivity contribution in [1.29, 1.82) is 0 Å². The second-order valence-corrected chi connectivity index (χ2v) is 6.33. The first kappa shape index (κ1) is 14.3. The van der Waals surface area contributed by atoms with Crippen LogP contribution in [0.15, 0.2) is 22.4 Å². The predicted octanol–water partition coefficient (Wildman–Crippen LogP) is 2.85. The number of fused-ring (bicyclic) bond motifs is 1. The van der Waals surface area contributed by atoms with E-state index in [0.29, 0.717) is 4.70 Å². The summed E-state index contributed by atoms with van der Waals surface area (Å²) in [4.78, 5) is 24.3. The van der Waals surface area contributed by atoms with Gasteiger partial charge in [0.1, 0.15) is 11.2 Å². The van der Waals surface area contributed by atoms with Crippen molar-refractivity contribution in [1.82, 2.24) is 9.78 Å². The number of halogens is 2. The van der Waals surface area contributed by atoms with Crippen LogP contribution in [-0.2, 0) is 11.3 Å². The van der Waals surface area contributed by atoms with E-state index in [1.165, 1.54) is 11.3 Å². The number of nitrogens with zero attached hydrogens (tertiary/aromatic N) is 2. The highest BCUT2D eigenvalue weighted by molar-refractivity contribution is 7.17. The van der Waals surface area contributed by atoms with Gasteiger partial charge in [-0.1, -0.05) is 0 Å². The highest BCUT2D eigenvalue weighted by atomic mass is 32.1. The average Bonchev–Trinajstić information content (AvgIpc) is 2.91. The summed E-state index contributed by atoms with van der Waals surface area (Å²) in [6, 6.07) is 1.80. The lowest BCUT2D eigenvalue weighted by Crippen LogP contribution is -2.33. The lowest BCUT2D eigenvalue weighted by Gasteiger charge is -2.27. The highest BCUT2D eigenvalue weighted by Gasteiger charge is 2.37. The van der Waals surface area contributed by atoms with Crippen molar-refractivity contribution in [2.24, 2.45) is 5.92 Å². The zero-order valence-corrected chi connectivity index (χ0v) is 12.0. The van der Waals surface area contributed by atoms with Crippen molar-refractivity contribution < 1.29 is 13.6 Å². The second-order valence-electron chi connectivity index (χ2n) is 5.41. The van der Waals surface area contributed by atoms with Crippen LogP contribution in [0, 0.1) is 5.92 Å². The number of rotatable bonds is 3. The van der Waals surface area contributed by atoms with E-state index < -0.39 is 11.8 Å². The lowest BCUT2D eigenvalue weighted by atomic mass is 9.84. The Labute approximate surface area is 123 Å². The van der Waals surface area contributed by atoms with Crippen LogP contribution in [0.1, 0.15) is 25.7 Å². The molecular formula is C14H14F2N2O2S. The molecule has 0 radical (unpaired) electrons. The minimum absolute atomic E-state index is 0.136. The molecule has 0 bridgehead atoms. The van der Waals surface area contributed by atoms with E-state index in [4.69, 9.17) is 0 Å². The van der Waals surface area contributed by atoms with Crippen LogP contribution in [-0.4, -0.2) is 21.5 Å². The molecule has 0 amide bonds. The van der Waals surface area contributed by atoms with E-state index in [1.54, 1.807) is 17.6 Å². The molecule has 0 N–H and O–H groups in total. The Bertz CT molecular complexity index is 728. The van der Waals surface area contributed by atoms with Crippen LogP contribution >= 0.6 is 11.3 Å². The van der Waals surface area contributed by atoms with Crippen LogP contribution in [0.5, 0.6) is 0 Å². The van der Waals surface area contributed by atoms with E-state index in [-0.39, 0.29) is 43.6 Å². The van der Waals surface area contributed by atoms with Gasteiger partial charge in [-0.2, -0.15) is 5.10 Å². The van der Waals surface area contributed by atoms with Gasteiger partial charge in [0.15, 0.2) is 5.78 Å². The van der Waals surface area contributed by atoms with Gasteiger partial charge in [0.05, 0.1) is 6.20 Å². The van der Waals surface area contributed by atoms with E-state index in [1.807, 2.05) is 0 Å². The Hall–Kier alpha value is -1.63. The minimum atomic E-state index is -2.65. The molecule has 0 atom stereocenters. The van der Waals surface area contributed by atoms with Crippen LogP contribution in [0.2, 0.25) is 0 Å². The Morgan fingerprint density at radius 2 is 2.14 bits per heavy atom. The number of aromatic nitrogens is 2. The standard InChI is InChI=1S/C14H14F2N2O2S/c15-14(16)4-1-9(2-5-14)11(19)8-18-13(20)12-10(7-17-18)3-6-21-12/h3,6-7,9H,1-2,4-5,8H2. The van der Waals surface area contributed by atoms with Crippen LogP contribution < -0.4 is 5.56 Å². The van der Waals surface area contributed by atoms with Crippen LogP contribution in [0.25, 0.3) is 10.1 Å². The molecule has 1 saturated carbocycles. The maximum absolute atomic E-state index is 13.1. The second kappa shape index (κ2) is 5.29. The van der Waals surface area contributed by atoms with Gasteiger partial charge in [0, 0.05) is 24.1 Å². The number of carbonyl (C=O) groups is 1. The third-order valence-electron chi connectivity index (χ3n) is 3.94. The average molecular weight is 312 g/mol. The zero-order valence-electron chi connectivity index (χ0n) is 11.2. The number of carbonyl (C=O) groups excluding carboxylic acids is 1. The van der Waals surface area contributed by atoms with E-state index >= 15 is 0 Å². The van der Waals surface area contributed by atoms with Crippen molar-refractivity contribution in [3.05, 3.63) is 28.0 Å². The quantitative estimate of drug-likeness (QED) is 0.875. The van der Waals surface area contributed by atoms with E-state index in [0.717, 1.165) is 10.1 Å². The fraction of sp³-hybridized carbons (Fsp3) is 0.500. The molecule has 2 aromatic rings. The van der Waals surface area contributed by atoms with Crippen LogP contribution in [0.4, 0.5) is 8.78 Å². The molecule has 0 saturated heterocycles. The monoisotopic (exact) mass is 312 g/mol. The summed E-state index contributed by atoms with van der Waals surface area (Å²) in [6.45, 7) is -0.136. The van der Waals surface area contributed by atoms with Gasteiger partial charge >= 0.3 is 0 Å². The normalized spacial score (nSPS) is 19.0. The summed E-state index contributed by atoms with van der Waals surface area (Å²) < 4.78 is 27.9. The maximum Gasteiger partial charge on any atom is 0.285 e. The number of hydrogen-bond acceptors (Lipinski definition) is 4. The SMILES string of the molecule is O=C(Cn1ncc2ccsc2c1=O)C1CCC(F)(F)CC1. The number of thiophene rings is 1. The fourth-order valence-electron chi connectivity index (χ4n) is 2.65. The first-order chi connectivity index (χ1) is 9.96. The summed E-state index contributed by atoms with van der Waals surface area (Å²) in [5, 5.41) is 6.53. The van der Waals surface area contributed by atoms with Crippen molar-refractivity contribution in [2.75, 3.05) is 0 Å². The Kier molecular flexibility index (Phi) is 3.61. The third kappa shape index (κ3) is 2.88. The molecule has 0 aliphatic heterocycles. The van der Waals surface area contributed by atoms with Gasteiger partial charge in [-0.15, -0.1) is 11.3 Å². The van der Waals surface area contributed by atoms with E-state index in [2.05, 4.69) is 5.10 Å². The summed E-state index contributed by atoms with van der Waals surface area (Å²) in [7, 11) is 0. The third-order valence-corrected chi connectivity index (χ3v) is 4.86. The van der Waals surface area contributed by atoms with Crippen molar-refractivity contribution >= 4 is 27.2 Å². The van der Waals surface area contributed by atoms with Crippen molar-refractivity contribution in [3.63, 3.8) is 0 Å². The van der Waals surface area contributed by atoms with Gasteiger partial charge in [0.25, 0.3) is 5.56 Å². The Morgan fingerprint density at radius 3 is 2.86 bits per heavy atom. The Morgan fingerprint density at radius 1 is 1.43 bits per heavy atom. The molecule has 1 fully saturated rings. The zero-order chi connectivity index (χ0) is 15.0. The van der Waals surface area contributed by atoms with Crippen LogP contribution in [0.3, 0.4) is 0 Å². The molecule has 112 valence electrons. The molecule has 0 unspecified atom stereocenters. The van der Waals surface area contributed by atoms with E-state index in [9.17, 15) is 18.4 Å². The van der Waals surface area contributed by atoms with Gasteiger partial charge in [-0.25, -0.2) is 13.5 Å². The lowest BCUT2D eigenvalue weighted by molar-refractivity contribution is -0.127. The van der Waals surface area contributed by atoms with Gasteiger partial charge in [-0.3, -0.25) is 9.59 Å². The number of hydrogen-bond donors (Lipinski definition) is 0. The largest absolute Gasteiger partial charge is 0.297 e. The molecule has 1 aliphatic rings. The molecule has 21 heavy (non-hydrogen) atoms. The number of Topliss-reactive ketones (excluding diaryl/α,β-unsaturated/α-hetero) is 1. The molecular weight excluding hydrogens is 298 g/mol. The molecule has 2 aromatic heterocycles. The topological polar surface area (TPSA) is 52.0 Å². The smallest absolute Gasteiger partial charge is 0.285 e. The van der Waals surface area contributed by atoms with Gasteiger partial charge in [-0.05, 0) is 24.3 Å². The first-order valence-corrected chi connectivity index (χ1v) is 7.68. The number of ketones is 1. The predicted molar refractivity (Wildman–Crippen MR) is 75.8 cm³/mol. The van der Waals surface area contributed by atoms with Gasteiger partial charge in [0.2, 0.25) is 5.92 Å². The molecule has 3 rings (SSSR count). The molecule has 4 nitrogen and oxygen atoms in total. The summed E-state index contributed by atoms with van der Waals surface area (Å²) in [6.07, 6.45) is 1.41. The molecule has 2 heterocycles. The Balaban J connectivity index is 1.75.